The van der Waals surface area contributed by atoms with Crippen LogP contribution in [0.5, 0.6) is 0 Å². The monoisotopic (exact) mass is 145 g/mol. The van der Waals surface area contributed by atoms with E-state index in [2.05, 4.69) is 5.32 Å². The zero-order valence-corrected chi connectivity index (χ0v) is 6.34. The fourth-order valence-electron chi connectivity index (χ4n) is 1.07. The van der Waals surface area contributed by atoms with Crippen molar-refractivity contribution < 1.29 is 9.84 Å². The number of aliphatic hydroxyl groups is 1. The molecule has 2 atom stereocenters. The van der Waals surface area contributed by atoms with Crippen LogP contribution in [0.25, 0.3) is 0 Å². The van der Waals surface area contributed by atoms with Crippen molar-refractivity contribution in [2.75, 3.05) is 19.8 Å². The van der Waals surface area contributed by atoms with Crippen LogP contribution in [0, 0.1) is 0 Å². The standard InChI is InChI=1S/C7H15NO2/c1-6-4-8-7(2-3-9)5-10-6/h6-9H,2-5H2,1H3/t6-,7-/m1/s1. The van der Waals surface area contributed by atoms with Crippen LogP contribution in [0.2, 0.25) is 0 Å². The fraction of sp³-hybridized carbons (Fsp3) is 1.00. The molecule has 1 fully saturated rings. The highest BCUT2D eigenvalue weighted by molar-refractivity contribution is 4.72. The van der Waals surface area contributed by atoms with Gasteiger partial charge in [-0.1, -0.05) is 0 Å². The van der Waals surface area contributed by atoms with Gasteiger partial charge in [0.25, 0.3) is 0 Å². The molecule has 0 aromatic heterocycles. The molecule has 0 unspecified atom stereocenters. The Morgan fingerprint density at radius 2 is 2.50 bits per heavy atom. The SMILES string of the molecule is C[C@@H]1CN[C@H](CCO)CO1. The van der Waals surface area contributed by atoms with Gasteiger partial charge >= 0.3 is 0 Å². The van der Waals surface area contributed by atoms with Crippen LogP contribution in [0.4, 0.5) is 0 Å². The van der Waals surface area contributed by atoms with E-state index < -0.39 is 0 Å². The lowest BCUT2D eigenvalue weighted by molar-refractivity contribution is 0.00995. The highest BCUT2D eigenvalue weighted by Gasteiger charge is 2.16. The molecule has 0 aromatic rings. The molecule has 1 aliphatic rings. The number of rotatable bonds is 2. The molecule has 0 bridgehead atoms. The van der Waals surface area contributed by atoms with Gasteiger partial charge in [0, 0.05) is 19.2 Å². The Balaban J connectivity index is 2.13. The van der Waals surface area contributed by atoms with Crippen molar-refractivity contribution >= 4 is 0 Å². The first-order chi connectivity index (χ1) is 4.83. The minimum Gasteiger partial charge on any atom is -0.396 e. The van der Waals surface area contributed by atoms with Gasteiger partial charge in [0.05, 0.1) is 12.7 Å². The molecule has 0 saturated carbocycles. The van der Waals surface area contributed by atoms with E-state index in [1.54, 1.807) is 0 Å². The number of hydrogen-bond acceptors (Lipinski definition) is 3. The summed E-state index contributed by atoms with van der Waals surface area (Å²) in [5, 5.41) is 11.9. The average Bonchev–Trinajstić information content (AvgIpc) is 1.95. The fourth-order valence-corrected chi connectivity index (χ4v) is 1.07. The molecule has 0 aliphatic carbocycles. The number of nitrogens with one attached hydrogen (secondary N) is 1. The van der Waals surface area contributed by atoms with Crippen molar-refractivity contribution in [1.82, 2.24) is 5.32 Å². The molecule has 10 heavy (non-hydrogen) atoms. The second kappa shape index (κ2) is 3.91. The summed E-state index contributed by atoms with van der Waals surface area (Å²) < 4.78 is 5.37. The Hall–Kier alpha value is -0.120. The number of aliphatic hydroxyl groups excluding tert-OH is 1. The van der Waals surface area contributed by atoms with Gasteiger partial charge in [0.15, 0.2) is 0 Å². The Bertz CT molecular complexity index is 89.6. The summed E-state index contributed by atoms with van der Waals surface area (Å²) in [5.41, 5.74) is 0. The second-order valence-corrected chi connectivity index (χ2v) is 2.76. The lowest BCUT2D eigenvalue weighted by Gasteiger charge is -2.27. The summed E-state index contributed by atoms with van der Waals surface area (Å²) >= 11 is 0. The zero-order chi connectivity index (χ0) is 7.40. The van der Waals surface area contributed by atoms with Crippen LogP contribution in [-0.4, -0.2) is 37.0 Å². The maximum absolute atomic E-state index is 8.59. The number of ether oxygens (including phenoxy) is 1. The third-order valence-electron chi connectivity index (χ3n) is 1.75. The Kier molecular flexibility index (Phi) is 3.12. The van der Waals surface area contributed by atoms with Crippen molar-refractivity contribution in [3.63, 3.8) is 0 Å². The third-order valence-corrected chi connectivity index (χ3v) is 1.75. The molecule has 0 radical (unpaired) electrons. The Morgan fingerprint density at radius 1 is 1.70 bits per heavy atom. The first-order valence-electron chi connectivity index (χ1n) is 3.78. The molecule has 60 valence electrons. The molecule has 0 spiro atoms. The van der Waals surface area contributed by atoms with Gasteiger partial charge in [-0.2, -0.15) is 0 Å². The highest BCUT2D eigenvalue weighted by atomic mass is 16.5. The molecule has 1 heterocycles. The van der Waals surface area contributed by atoms with Gasteiger partial charge in [0.2, 0.25) is 0 Å². The quantitative estimate of drug-likeness (QED) is 0.563. The van der Waals surface area contributed by atoms with Gasteiger partial charge in [-0.05, 0) is 13.3 Å². The van der Waals surface area contributed by atoms with Crippen LogP contribution >= 0.6 is 0 Å². The van der Waals surface area contributed by atoms with Crippen molar-refractivity contribution in [1.29, 1.82) is 0 Å². The minimum absolute atomic E-state index is 0.245. The summed E-state index contributed by atoms with van der Waals surface area (Å²) in [7, 11) is 0. The lowest BCUT2D eigenvalue weighted by Crippen LogP contribution is -2.45. The molecule has 2 N–H and O–H groups in total. The maximum atomic E-state index is 8.59. The molecule has 0 amide bonds. The normalized spacial score (nSPS) is 34.2. The first kappa shape index (κ1) is 7.98. The Labute approximate surface area is 61.4 Å². The number of morpholine rings is 1. The largest absolute Gasteiger partial charge is 0.396 e. The van der Waals surface area contributed by atoms with Crippen molar-refractivity contribution in [3.05, 3.63) is 0 Å². The predicted molar refractivity (Wildman–Crippen MR) is 38.9 cm³/mol. The van der Waals surface area contributed by atoms with E-state index in [0.717, 1.165) is 19.6 Å². The summed E-state index contributed by atoms with van der Waals surface area (Å²) in [6.07, 6.45) is 1.13. The second-order valence-electron chi connectivity index (χ2n) is 2.76. The minimum atomic E-state index is 0.245. The highest BCUT2D eigenvalue weighted by Crippen LogP contribution is 2.02. The van der Waals surface area contributed by atoms with Gasteiger partial charge in [0.1, 0.15) is 0 Å². The molecular weight excluding hydrogens is 130 g/mol. The van der Waals surface area contributed by atoms with Gasteiger partial charge < -0.3 is 15.2 Å². The smallest absolute Gasteiger partial charge is 0.0672 e. The van der Waals surface area contributed by atoms with Crippen LogP contribution in [0.3, 0.4) is 0 Å². The molecule has 0 aromatic carbocycles. The van der Waals surface area contributed by atoms with Gasteiger partial charge in [-0.25, -0.2) is 0 Å². The van der Waals surface area contributed by atoms with Crippen molar-refractivity contribution in [2.24, 2.45) is 0 Å². The maximum Gasteiger partial charge on any atom is 0.0672 e. The van der Waals surface area contributed by atoms with Crippen LogP contribution in [-0.2, 0) is 4.74 Å². The molecule has 1 aliphatic heterocycles. The summed E-state index contributed by atoms with van der Waals surface area (Å²) in [4.78, 5) is 0. The summed E-state index contributed by atoms with van der Waals surface area (Å²) in [5.74, 6) is 0. The van der Waals surface area contributed by atoms with Gasteiger partial charge in [-0.15, -0.1) is 0 Å². The molecule has 1 rings (SSSR count). The first-order valence-corrected chi connectivity index (χ1v) is 3.78. The zero-order valence-electron chi connectivity index (χ0n) is 6.34. The molecular formula is C7H15NO2. The van der Waals surface area contributed by atoms with E-state index in [0.29, 0.717) is 12.1 Å². The Morgan fingerprint density at radius 3 is 3.00 bits per heavy atom. The van der Waals surface area contributed by atoms with E-state index in [9.17, 15) is 0 Å². The van der Waals surface area contributed by atoms with E-state index in [4.69, 9.17) is 9.84 Å². The number of hydrogen-bond donors (Lipinski definition) is 2. The van der Waals surface area contributed by atoms with Crippen molar-refractivity contribution in [2.45, 2.75) is 25.5 Å². The molecule has 3 heteroatoms. The van der Waals surface area contributed by atoms with E-state index in [1.165, 1.54) is 0 Å². The molecule has 3 nitrogen and oxygen atoms in total. The summed E-state index contributed by atoms with van der Waals surface area (Å²) in [6.45, 7) is 3.93. The van der Waals surface area contributed by atoms with Crippen LogP contribution in [0.15, 0.2) is 0 Å². The van der Waals surface area contributed by atoms with Crippen LogP contribution < -0.4 is 5.32 Å². The van der Waals surface area contributed by atoms with Gasteiger partial charge in [-0.3, -0.25) is 0 Å². The lowest BCUT2D eigenvalue weighted by atomic mass is 10.2. The van der Waals surface area contributed by atoms with Crippen LogP contribution in [0.1, 0.15) is 13.3 Å². The van der Waals surface area contributed by atoms with E-state index in [-0.39, 0.29) is 6.61 Å². The predicted octanol–water partition coefficient (Wildman–Crippen LogP) is -0.254. The van der Waals surface area contributed by atoms with E-state index in [1.807, 2.05) is 6.92 Å². The third kappa shape index (κ3) is 2.25. The molecule has 1 saturated heterocycles. The van der Waals surface area contributed by atoms with E-state index >= 15 is 0 Å². The average molecular weight is 145 g/mol. The van der Waals surface area contributed by atoms with Crippen molar-refractivity contribution in [3.8, 4) is 0 Å². The topological polar surface area (TPSA) is 41.5 Å². The summed E-state index contributed by atoms with van der Waals surface area (Å²) in [6, 6.07) is 0.362.